The van der Waals surface area contributed by atoms with Crippen LogP contribution in [0.1, 0.15) is 24.0 Å². The average Bonchev–Trinajstić information content (AvgIpc) is 2.95. The molecule has 3 N–H and O–H groups in total. The van der Waals surface area contributed by atoms with Gasteiger partial charge in [-0.05, 0) is 30.0 Å². The lowest BCUT2D eigenvalue weighted by molar-refractivity contribution is -0.140. The fraction of sp³-hybridized carbons (Fsp3) is 0.438. The number of aliphatic carboxylic acids is 1. The first-order chi connectivity index (χ1) is 10.9. The van der Waals surface area contributed by atoms with Crippen molar-refractivity contribution in [2.75, 3.05) is 18.6 Å². The molecular weight excluding hydrogens is 300 g/mol. The zero-order chi connectivity index (χ0) is 17.0. The number of benzene rings is 1. The Morgan fingerprint density at radius 3 is 2.78 bits per heavy atom. The summed E-state index contributed by atoms with van der Waals surface area (Å²) in [5.41, 5.74) is 8.08. The number of amides is 1. The Balaban J connectivity index is 2.02. The summed E-state index contributed by atoms with van der Waals surface area (Å²) in [4.78, 5) is 35.9. The SMILES string of the molecule is COC(=O)Cc1ccc2c(c1)CCN2C(=O)CCC(N)C(=O)O. The number of carbonyl (C=O) groups excluding carboxylic acids is 2. The van der Waals surface area contributed by atoms with Crippen LogP contribution in [0.25, 0.3) is 0 Å². The molecule has 1 amide bonds. The van der Waals surface area contributed by atoms with Crippen molar-refractivity contribution in [1.82, 2.24) is 0 Å². The van der Waals surface area contributed by atoms with Crippen LogP contribution < -0.4 is 10.6 Å². The van der Waals surface area contributed by atoms with E-state index in [4.69, 9.17) is 10.8 Å². The van der Waals surface area contributed by atoms with Crippen LogP contribution in [0.2, 0.25) is 0 Å². The van der Waals surface area contributed by atoms with Crippen molar-refractivity contribution in [3.05, 3.63) is 29.3 Å². The number of fused-ring (bicyclic) bond motifs is 1. The molecule has 0 saturated carbocycles. The Bertz CT molecular complexity index is 629. The average molecular weight is 320 g/mol. The highest BCUT2D eigenvalue weighted by Crippen LogP contribution is 2.29. The molecule has 0 saturated heterocycles. The number of hydrogen-bond donors (Lipinski definition) is 2. The lowest BCUT2D eigenvalue weighted by Crippen LogP contribution is -2.34. The molecule has 2 rings (SSSR count). The number of carboxylic acid groups (broad SMARTS) is 1. The van der Waals surface area contributed by atoms with Gasteiger partial charge in [-0.3, -0.25) is 14.4 Å². The highest BCUT2D eigenvalue weighted by molar-refractivity contribution is 5.95. The fourth-order valence-corrected chi connectivity index (χ4v) is 2.60. The van der Waals surface area contributed by atoms with Gasteiger partial charge in [-0.15, -0.1) is 0 Å². The van der Waals surface area contributed by atoms with Gasteiger partial charge in [-0.2, -0.15) is 0 Å². The smallest absolute Gasteiger partial charge is 0.320 e. The van der Waals surface area contributed by atoms with Crippen LogP contribution >= 0.6 is 0 Å². The van der Waals surface area contributed by atoms with Gasteiger partial charge in [0.05, 0.1) is 13.5 Å². The lowest BCUT2D eigenvalue weighted by Gasteiger charge is -2.18. The highest BCUT2D eigenvalue weighted by atomic mass is 16.5. The van der Waals surface area contributed by atoms with E-state index in [1.54, 1.807) is 11.0 Å². The Hall–Kier alpha value is -2.41. The highest BCUT2D eigenvalue weighted by Gasteiger charge is 2.25. The number of nitrogens with zero attached hydrogens (tertiary/aromatic N) is 1. The van der Waals surface area contributed by atoms with Crippen LogP contribution in [-0.4, -0.2) is 42.6 Å². The zero-order valence-corrected chi connectivity index (χ0v) is 12.9. The van der Waals surface area contributed by atoms with Crippen LogP contribution in [0, 0.1) is 0 Å². The van der Waals surface area contributed by atoms with Gasteiger partial charge in [0, 0.05) is 18.7 Å². The van der Waals surface area contributed by atoms with E-state index in [1.165, 1.54) is 7.11 Å². The minimum atomic E-state index is -1.10. The fourth-order valence-electron chi connectivity index (χ4n) is 2.60. The minimum Gasteiger partial charge on any atom is -0.480 e. The van der Waals surface area contributed by atoms with E-state index >= 15 is 0 Å². The van der Waals surface area contributed by atoms with Crippen LogP contribution in [0.15, 0.2) is 18.2 Å². The molecule has 1 heterocycles. The van der Waals surface area contributed by atoms with Crippen LogP contribution in [0.5, 0.6) is 0 Å². The van der Waals surface area contributed by atoms with Gasteiger partial charge < -0.3 is 20.5 Å². The first-order valence-electron chi connectivity index (χ1n) is 7.39. The van der Waals surface area contributed by atoms with Crippen molar-refractivity contribution in [2.45, 2.75) is 31.7 Å². The van der Waals surface area contributed by atoms with Gasteiger partial charge >= 0.3 is 11.9 Å². The number of methoxy groups -OCH3 is 1. The molecule has 124 valence electrons. The molecule has 7 heteroatoms. The maximum absolute atomic E-state index is 12.2. The van der Waals surface area contributed by atoms with Gasteiger partial charge in [-0.1, -0.05) is 12.1 Å². The normalized spacial score (nSPS) is 14.3. The van der Waals surface area contributed by atoms with Crippen molar-refractivity contribution in [3.63, 3.8) is 0 Å². The van der Waals surface area contributed by atoms with Gasteiger partial charge in [0.1, 0.15) is 6.04 Å². The molecule has 0 radical (unpaired) electrons. The molecule has 23 heavy (non-hydrogen) atoms. The zero-order valence-electron chi connectivity index (χ0n) is 12.9. The van der Waals surface area contributed by atoms with Gasteiger partial charge in [0.15, 0.2) is 0 Å². The molecule has 1 aromatic rings. The standard InChI is InChI=1S/C16H20N2O5/c1-23-15(20)9-10-2-4-13-11(8-10)6-7-18(13)14(19)5-3-12(17)16(21)22/h2,4,8,12H,3,5-7,9,17H2,1H3,(H,21,22). The van der Waals surface area contributed by atoms with Gasteiger partial charge in [0.2, 0.25) is 5.91 Å². The third-order valence-corrected chi connectivity index (χ3v) is 3.90. The van der Waals surface area contributed by atoms with E-state index in [2.05, 4.69) is 4.74 Å². The van der Waals surface area contributed by atoms with Gasteiger partial charge in [0.25, 0.3) is 0 Å². The monoisotopic (exact) mass is 320 g/mol. The third-order valence-electron chi connectivity index (χ3n) is 3.90. The van der Waals surface area contributed by atoms with E-state index < -0.39 is 12.0 Å². The second kappa shape index (κ2) is 7.23. The van der Waals surface area contributed by atoms with Crippen molar-refractivity contribution < 1.29 is 24.2 Å². The van der Waals surface area contributed by atoms with E-state index in [1.807, 2.05) is 12.1 Å². The summed E-state index contributed by atoms with van der Waals surface area (Å²) in [5, 5.41) is 8.75. The van der Waals surface area contributed by atoms with Crippen molar-refractivity contribution in [1.29, 1.82) is 0 Å². The molecule has 0 aromatic heterocycles. The summed E-state index contributed by atoms with van der Waals surface area (Å²) in [5.74, 6) is -1.55. The maximum atomic E-state index is 12.2. The molecule has 0 bridgehead atoms. The predicted octanol–water partition coefficient (Wildman–Crippen LogP) is 0.483. The molecule has 1 aromatic carbocycles. The summed E-state index contributed by atoms with van der Waals surface area (Å²) >= 11 is 0. The summed E-state index contributed by atoms with van der Waals surface area (Å²) in [6.07, 6.45) is 1.11. The number of carbonyl (C=O) groups is 3. The Kier molecular flexibility index (Phi) is 5.33. The first-order valence-corrected chi connectivity index (χ1v) is 7.39. The summed E-state index contributed by atoms with van der Waals surface area (Å²) in [6.45, 7) is 0.554. The molecule has 1 atom stereocenters. The Labute approximate surface area is 134 Å². The van der Waals surface area contributed by atoms with E-state index in [-0.39, 0.29) is 31.1 Å². The molecule has 0 spiro atoms. The number of rotatable bonds is 6. The maximum Gasteiger partial charge on any atom is 0.320 e. The molecule has 1 aliphatic rings. The van der Waals surface area contributed by atoms with Crippen molar-refractivity contribution >= 4 is 23.5 Å². The molecule has 0 aliphatic carbocycles. The molecule has 1 aliphatic heterocycles. The van der Waals surface area contributed by atoms with Crippen molar-refractivity contribution in [2.24, 2.45) is 5.73 Å². The van der Waals surface area contributed by atoms with Crippen LogP contribution in [0.4, 0.5) is 5.69 Å². The number of nitrogens with two attached hydrogens (primary N) is 1. The van der Waals surface area contributed by atoms with Crippen molar-refractivity contribution in [3.8, 4) is 0 Å². The Morgan fingerprint density at radius 1 is 1.39 bits per heavy atom. The summed E-state index contributed by atoms with van der Waals surface area (Å²) < 4.78 is 4.64. The first kappa shape index (κ1) is 17.0. The number of anilines is 1. The second-order valence-corrected chi connectivity index (χ2v) is 5.49. The van der Waals surface area contributed by atoms with E-state index in [0.717, 1.165) is 16.8 Å². The number of carboxylic acids is 1. The summed E-state index contributed by atoms with van der Waals surface area (Å²) in [6, 6.07) is 4.49. The van der Waals surface area contributed by atoms with Gasteiger partial charge in [-0.25, -0.2) is 0 Å². The second-order valence-electron chi connectivity index (χ2n) is 5.49. The number of esters is 1. The molecular formula is C16H20N2O5. The molecule has 7 nitrogen and oxygen atoms in total. The lowest BCUT2D eigenvalue weighted by atomic mass is 10.1. The number of hydrogen-bond acceptors (Lipinski definition) is 5. The quantitative estimate of drug-likeness (QED) is 0.738. The predicted molar refractivity (Wildman–Crippen MR) is 83.1 cm³/mol. The van der Waals surface area contributed by atoms with Crippen LogP contribution in [0.3, 0.4) is 0 Å². The summed E-state index contributed by atoms with van der Waals surface area (Å²) in [7, 11) is 1.35. The Morgan fingerprint density at radius 2 is 2.13 bits per heavy atom. The minimum absolute atomic E-state index is 0.0941. The van der Waals surface area contributed by atoms with Crippen LogP contribution in [-0.2, 0) is 32.0 Å². The van der Waals surface area contributed by atoms with E-state index in [9.17, 15) is 14.4 Å². The number of ether oxygens (including phenoxy) is 1. The molecule has 1 unspecified atom stereocenters. The third kappa shape index (κ3) is 4.07. The topological polar surface area (TPSA) is 110 Å². The molecule has 0 fully saturated rings. The largest absolute Gasteiger partial charge is 0.480 e. The van der Waals surface area contributed by atoms with E-state index in [0.29, 0.717) is 13.0 Å².